The molecule has 1 aromatic carbocycles. The number of aromatic nitrogens is 2. The van der Waals surface area contributed by atoms with Gasteiger partial charge in [-0.2, -0.15) is 0 Å². The molecule has 4 nitrogen and oxygen atoms in total. The fourth-order valence-corrected chi connectivity index (χ4v) is 7.11. The summed E-state index contributed by atoms with van der Waals surface area (Å²) in [5, 5.41) is 0. The number of benzene rings is 1. The molecule has 2 aromatic rings. The van der Waals surface area contributed by atoms with Crippen molar-refractivity contribution in [3.8, 4) is 17.1 Å². The molecule has 2 aliphatic rings. The summed E-state index contributed by atoms with van der Waals surface area (Å²) in [6.07, 6.45) is 30.1. The molecule has 4 heteroatoms. The summed E-state index contributed by atoms with van der Waals surface area (Å²) in [5.74, 6) is 3.65. The van der Waals surface area contributed by atoms with Gasteiger partial charge in [0.25, 0.3) is 0 Å². The van der Waals surface area contributed by atoms with Crippen molar-refractivity contribution in [2.24, 2.45) is 17.8 Å². The minimum absolute atomic E-state index is 0.0448. The normalized spacial score (nSPS) is 22.9. The Morgan fingerprint density at radius 3 is 1.80 bits per heavy atom. The molecule has 0 spiro atoms. The van der Waals surface area contributed by atoms with Crippen LogP contribution in [0, 0.1) is 17.8 Å². The molecular weight excluding hydrogens is 504 g/mol. The highest BCUT2D eigenvalue weighted by Gasteiger charge is 2.27. The number of hydrogen-bond acceptors (Lipinski definition) is 4. The maximum atomic E-state index is 12.8. The molecule has 0 N–H and O–H groups in total. The van der Waals surface area contributed by atoms with Gasteiger partial charge in [-0.25, -0.2) is 9.97 Å². The van der Waals surface area contributed by atoms with E-state index in [0.717, 1.165) is 48.9 Å². The van der Waals surface area contributed by atoms with Gasteiger partial charge in [0, 0.05) is 18.0 Å². The number of hydrogen-bond donors (Lipinski definition) is 0. The molecule has 1 heterocycles. The zero-order chi connectivity index (χ0) is 28.7. The largest absolute Gasteiger partial charge is 0.426 e. The van der Waals surface area contributed by atoms with Crippen molar-refractivity contribution < 1.29 is 9.53 Å². The van der Waals surface area contributed by atoms with Crippen LogP contribution in [-0.2, 0) is 4.79 Å². The Morgan fingerprint density at radius 2 is 1.20 bits per heavy atom. The van der Waals surface area contributed by atoms with Crippen LogP contribution in [-0.4, -0.2) is 15.9 Å². The first-order chi connectivity index (χ1) is 20.2. The van der Waals surface area contributed by atoms with Crippen LogP contribution in [0.3, 0.4) is 0 Å². The molecule has 0 unspecified atom stereocenters. The van der Waals surface area contributed by atoms with Crippen LogP contribution in [0.25, 0.3) is 11.4 Å². The number of carbonyl (C=O) groups excluding carboxylic acids is 1. The highest BCUT2D eigenvalue weighted by atomic mass is 16.5. The average molecular weight is 561 g/mol. The van der Waals surface area contributed by atoms with Crippen molar-refractivity contribution in [3.05, 3.63) is 42.2 Å². The lowest BCUT2D eigenvalue weighted by Gasteiger charge is -2.28. The van der Waals surface area contributed by atoms with Crippen LogP contribution < -0.4 is 4.74 Å². The van der Waals surface area contributed by atoms with Gasteiger partial charge in [0.05, 0.1) is 5.92 Å². The third kappa shape index (κ3) is 10.5. The fourth-order valence-electron chi connectivity index (χ4n) is 7.11. The van der Waals surface area contributed by atoms with Crippen LogP contribution in [0.15, 0.2) is 36.7 Å². The zero-order valence-electron chi connectivity index (χ0n) is 26.1. The molecule has 41 heavy (non-hydrogen) atoms. The second-order valence-corrected chi connectivity index (χ2v) is 13.1. The second kappa shape index (κ2) is 17.7. The summed E-state index contributed by atoms with van der Waals surface area (Å²) in [6.45, 7) is 4.54. The van der Waals surface area contributed by atoms with Gasteiger partial charge in [-0.15, -0.1) is 0 Å². The van der Waals surface area contributed by atoms with Gasteiger partial charge in [-0.05, 0) is 98.9 Å². The monoisotopic (exact) mass is 560 g/mol. The summed E-state index contributed by atoms with van der Waals surface area (Å²) in [7, 11) is 0. The molecule has 0 atom stereocenters. The Morgan fingerprint density at radius 1 is 0.683 bits per heavy atom. The predicted octanol–water partition coefficient (Wildman–Crippen LogP) is 10.9. The third-order valence-electron chi connectivity index (χ3n) is 9.93. The van der Waals surface area contributed by atoms with Crippen molar-refractivity contribution >= 4 is 5.97 Å². The average Bonchev–Trinajstić information content (AvgIpc) is 3.02. The first-order valence-electron chi connectivity index (χ1n) is 17.3. The predicted molar refractivity (Wildman–Crippen MR) is 170 cm³/mol. The molecule has 2 aliphatic carbocycles. The molecule has 4 rings (SSSR count). The molecule has 2 saturated carbocycles. The van der Waals surface area contributed by atoms with Gasteiger partial charge in [0.15, 0.2) is 5.82 Å². The van der Waals surface area contributed by atoms with E-state index in [1.807, 2.05) is 36.7 Å². The molecule has 226 valence electrons. The fraction of sp³-hybridized carbons (Fsp3) is 0.703. The Kier molecular flexibility index (Phi) is 13.7. The summed E-state index contributed by atoms with van der Waals surface area (Å²) < 4.78 is 5.76. The summed E-state index contributed by atoms with van der Waals surface area (Å²) in [6, 6.07) is 7.70. The second-order valence-electron chi connectivity index (χ2n) is 13.1. The van der Waals surface area contributed by atoms with E-state index in [0.29, 0.717) is 11.7 Å². The van der Waals surface area contributed by atoms with Crippen LogP contribution in [0.2, 0.25) is 0 Å². The molecule has 0 saturated heterocycles. The molecule has 2 fully saturated rings. The summed E-state index contributed by atoms with van der Waals surface area (Å²) in [4.78, 5) is 22.2. The van der Waals surface area contributed by atoms with Gasteiger partial charge in [0.2, 0.25) is 0 Å². The van der Waals surface area contributed by atoms with Crippen molar-refractivity contribution in [1.82, 2.24) is 9.97 Å². The van der Waals surface area contributed by atoms with Crippen molar-refractivity contribution in [2.75, 3.05) is 0 Å². The van der Waals surface area contributed by atoms with E-state index in [-0.39, 0.29) is 11.9 Å². The van der Waals surface area contributed by atoms with Gasteiger partial charge in [-0.1, -0.05) is 90.9 Å². The first kappa shape index (κ1) is 31.7. The maximum absolute atomic E-state index is 12.8. The number of unbranched alkanes of at least 4 members (excludes halogenated alkanes) is 8. The molecule has 0 bridgehead atoms. The smallest absolute Gasteiger partial charge is 0.314 e. The highest BCUT2D eigenvalue weighted by molar-refractivity contribution is 5.75. The van der Waals surface area contributed by atoms with Crippen molar-refractivity contribution in [3.63, 3.8) is 0 Å². The number of carbonyl (C=O) groups is 1. The van der Waals surface area contributed by atoms with Gasteiger partial charge in [-0.3, -0.25) is 4.79 Å². The first-order valence-corrected chi connectivity index (χ1v) is 17.3. The minimum Gasteiger partial charge on any atom is -0.426 e. The molecule has 1 aromatic heterocycles. The van der Waals surface area contributed by atoms with Crippen molar-refractivity contribution in [2.45, 2.75) is 148 Å². The Balaban J connectivity index is 1.16. The third-order valence-corrected chi connectivity index (χ3v) is 9.93. The summed E-state index contributed by atoms with van der Waals surface area (Å²) >= 11 is 0. The Labute approximate surface area is 250 Å². The zero-order valence-corrected chi connectivity index (χ0v) is 26.1. The number of esters is 1. The van der Waals surface area contributed by atoms with Crippen LogP contribution in [0.5, 0.6) is 5.75 Å². The molecular formula is C37H56N2O2. The standard InChI is InChI=1S/C37H56N2O2/c1-3-5-7-8-9-10-12-14-30-15-19-31(20-16-30)34-27-38-36(39-28-34)32-23-25-35(26-24-32)41-37(40)33-21-17-29(18-22-33)13-11-6-4-2/h23-31,33H,3-22H2,1-2H3/t29?,30-,31-,33?. The molecule has 0 aliphatic heterocycles. The molecule has 0 radical (unpaired) electrons. The minimum atomic E-state index is -0.0671. The van der Waals surface area contributed by atoms with E-state index in [2.05, 4.69) is 13.8 Å². The lowest BCUT2D eigenvalue weighted by molar-refractivity contribution is -0.140. The van der Waals surface area contributed by atoms with E-state index in [1.54, 1.807) is 0 Å². The van der Waals surface area contributed by atoms with E-state index in [9.17, 15) is 4.79 Å². The van der Waals surface area contributed by atoms with Crippen LogP contribution in [0.4, 0.5) is 0 Å². The Bertz CT molecular complexity index is 987. The highest BCUT2D eigenvalue weighted by Crippen LogP contribution is 2.38. The van der Waals surface area contributed by atoms with E-state index in [4.69, 9.17) is 14.7 Å². The van der Waals surface area contributed by atoms with Gasteiger partial charge >= 0.3 is 5.97 Å². The van der Waals surface area contributed by atoms with E-state index >= 15 is 0 Å². The lowest BCUT2D eigenvalue weighted by Crippen LogP contribution is -2.25. The summed E-state index contributed by atoms with van der Waals surface area (Å²) in [5.41, 5.74) is 2.25. The van der Waals surface area contributed by atoms with Crippen molar-refractivity contribution in [1.29, 1.82) is 0 Å². The number of rotatable bonds is 16. The Hall–Kier alpha value is -2.23. The number of ether oxygens (including phenoxy) is 1. The van der Waals surface area contributed by atoms with E-state index in [1.165, 1.54) is 108 Å². The van der Waals surface area contributed by atoms with E-state index < -0.39 is 0 Å². The van der Waals surface area contributed by atoms with Gasteiger partial charge in [0.1, 0.15) is 5.75 Å². The molecule has 0 amide bonds. The van der Waals surface area contributed by atoms with Gasteiger partial charge < -0.3 is 4.74 Å². The van der Waals surface area contributed by atoms with Crippen LogP contribution in [0.1, 0.15) is 154 Å². The lowest BCUT2D eigenvalue weighted by atomic mass is 9.77. The topological polar surface area (TPSA) is 52.1 Å². The quantitative estimate of drug-likeness (QED) is 0.116. The SMILES string of the molecule is CCCCCCCCC[C@H]1CC[C@H](c2cnc(-c3ccc(OC(=O)C4CCC(CCCCC)CC4)cc3)nc2)CC1. The maximum Gasteiger partial charge on any atom is 0.314 e. The number of nitrogens with zero attached hydrogens (tertiary/aromatic N) is 2. The van der Waals surface area contributed by atoms with Crippen LogP contribution >= 0.6 is 0 Å².